The maximum atomic E-state index is 12.7. The lowest BCUT2D eigenvalue weighted by Gasteiger charge is -2.19. The third-order valence-corrected chi connectivity index (χ3v) is 7.72. The Morgan fingerprint density at radius 3 is 2.62 bits per heavy atom. The number of benzene rings is 2. The van der Waals surface area contributed by atoms with Crippen molar-refractivity contribution < 1.29 is 13.2 Å². The van der Waals surface area contributed by atoms with Gasteiger partial charge >= 0.3 is 0 Å². The van der Waals surface area contributed by atoms with Gasteiger partial charge in [-0.2, -0.15) is 0 Å². The second kappa shape index (κ2) is 8.12. The monoisotopic (exact) mass is 429 g/mol. The molecular formula is C21H23N3O3S2. The number of anilines is 2. The Bertz CT molecular complexity index is 1150. The number of sulfonamides is 1. The van der Waals surface area contributed by atoms with E-state index >= 15 is 0 Å². The minimum atomic E-state index is -3.68. The molecule has 1 fully saturated rings. The number of aryl methyl sites for hydroxylation is 1. The molecule has 0 spiro atoms. The third-order valence-electron chi connectivity index (χ3n) is 5.23. The molecule has 0 bridgehead atoms. The summed E-state index contributed by atoms with van der Waals surface area (Å²) in [5.41, 5.74) is 1.78. The zero-order valence-corrected chi connectivity index (χ0v) is 17.8. The lowest BCUT2D eigenvalue weighted by molar-refractivity contribution is -0.120. The summed E-state index contributed by atoms with van der Waals surface area (Å²) in [4.78, 5) is 17.2. The maximum absolute atomic E-state index is 12.7. The Balaban J connectivity index is 1.52. The van der Waals surface area contributed by atoms with Crippen LogP contribution in [-0.4, -0.2) is 19.3 Å². The summed E-state index contributed by atoms with van der Waals surface area (Å²) in [7, 11) is -3.68. The molecule has 152 valence electrons. The first-order valence-corrected chi connectivity index (χ1v) is 12.0. The lowest BCUT2D eigenvalue weighted by atomic mass is 9.89. The summed E-state index contributed by atoms with van der Waals surface area (Å²) in [5.74, 6) is 0.0940. The first kappa shape index (κ1) is 19.8. The second-order valence-electron chi connectivity index (χ2n) is 7.40. The number of nitrogens with zero attached hydrogens (tertiary/aromatic N) is 1. The SMILES string of the molecule is Cc1ccccc1S(=O)(=O)Nc1ccc2sc(NC(=O)C3CCCCC3)nc2c1. The quantitative estimate of drug-likeness (QED) is 0.602. The number of aromatic nitrogens is 1. The average molecular weight is 430 g/mol. The number of thiazole rings is 1. The Kier molecular flexibility index (Phi) is 5.56. The van der Waals surface area contributed by atoms with Crippen molar-refractivity contribution in [2.75, 3.05) is 10.0 Å². The van der Waals surface area contributed by atoms with Crippen LogP contribution in [0.3, 0.4) is 0 Å². The van der Waals surface area contributed by atoms with E-state index in [-0.39, 0.29) is 16.7 Å². The number of fused-ring (bicyclic) bond motifs is 1. The summed E-state index contributed by atoms with van der Waals surface area (Å²) in [5, 5.41) is 3.48. The summed E-state index contributed by atoms with van der Waals surface area (Å²) in [6.07, 6.45) is 5.26. The van der Waals surface area contributed by atoms with Crippen LogP contribution in [-0.2, 0) is 14.8 Å². The molecule has 1 saturated carbocycles. The maximum Gasteiger partial charge on any atom is 0.262 e. The van der Waals surface area contributed by atoms with Crippen molar-refractivity contribution >= 4 is 48.3 Å². The van der Waals surface area contributed by atoms with E-state index < -0.39 is 10.0 Å². The zero-order chi connectivity index (χ0) is 20.4. The molecule has 1 aliphatic rings. The third kappa shape index (κ3) is 4.43. The van der Waals surface area contributed by atoms with Crippen LogP contribution in [0.25, 0.3) is 10.2 Å². The van der Waals surface area contributed by atoms with Crippen LogP contribution in [0.15, 0.2) is 47.4 Å². The van der Waals surface area contributed by atoms with Gasteiger partial charge in [-0.1, -0.05) is 48.8 Å². The largest absolute Gasteiger partial charge is 0.302 e. The minimum absolute atomic E-state index is 0.0317. The molecule has 6 nitrogen and oxygen atoms in total. The van der Waals surface area contributed by atoms with E-state index in [2.05, 4.69) is 15.0 Å². The molecule has 1 aromatic heterocycles. The lowest BCUT2D eigenvalue weighted by Crippen LogP contribution is -2.24. The summed E-state index contributed by atoms with van der Waals surface area (Å²) in [6.45, 7) is 1.76. The molecule has 1 amide bonds. The predicted octanol–water partition coefficient (Wildman–Crippen LogP) is 4.92. The second-order valence-corrected chi connectivity index (χ2v) is 10.1. The van der Waals surface area contributed by atoms with Gasteiger partial charge in [0.1, 0.15) is 0 Å². The Morgan fingerprint density at radius 1 is 1.10 bits per heavy atom. The molecule has 0 saturated heterocycles. The number of hydrogen-bond acceptors (Lipinski definition) is 5. The summed E-state index contributed by atoms with van der Waals surface area (Å²) < 4.78 is 28.9. The minimum Gasteiger partial charge on any atom is -0.302 e. The number of carbonyl (C=O) groups is 1. The van der Waals surface area contributed by atoms with Crippen molar-refractivity contribution in [1.82, 2.24) is 4.98 Å². The van der Waals surface area contributed by atoms with E-state index in [9.17, 15) is 13.2 Å². The molecule has 1 aliphatic carbocycles. The number of hydrogen-bond donors (Lipinski definition) is 2. The molecule has 0 aliphatic heterocycles. The fourth-order valence-electron chi connectivity index (χ4n) is 3.68. The molecule has 2 N–H and O–H groups in total. The molecule has 0 radical (unpaired) electrons. The van der Waals surface area contributed by atoms with Crippen molar-refractivity contribution in [3.8, 4) is 0 Å². The van der Waals surface area contributed by atoms with Crippen molar-refractivity contribution in [2.45, 2.75) is 43.9 Å². The van der Waals surface area contributed by atoms with Crippen LogP contribution in [0.4, 0.5) is 10.8 Å². The molecule has 0 unspecified atom stereocenters. The van der Waals surface area contributed by atoms with Crippen LogP contribution < -0.4 is 10.0 Å². The average Bonchev–Trinajstić information content (AvgIpc) is 3.10. The van der Waals surface area contributed by atoms with Gasteiger partial charge in [0.2, 0.25) is 5.91 Å². The van der Waals surface area contributed by atoms with Crippen LogP contribution in [0.2, 0.25) is 0 Å². The first-order chi connectivity index (χ1) is 13.9. The number of amides is 1. The molecule has 8 heteroatoms. The van der Waals surface area contributed by atoms with Crippen LogP contribution in [0, 0.1) is 12.8 Å². The normalized spacial score (nSPS) is 15.3. The van der Waals surface area contributed by atoms with Gasteiger partial charge in [-0.25, -0.2) is 13.4 Å². The van der Waals surface area contributed by atoms with E-state index in [1.54, 1.807) is 43.3 Å². The fraction of sp³-hybridized carbons (Fsp3) is 0.333. The van der Waals surface area contributed by atoms with Crippen molar-refractivity contribution in [3.63, 3.8) is 0 Å². The first-order valence-electron chi connectivity index (χ1n) is 9.72. The summed E-state index contributed by atoms with van der Waals surface area (Å²) >= 11 is 1.39. The zero-order valence-electron chi connectivity index (χ0n) is 16.1. The highest BCUT2D eigenvalue weighted by atomic mass is 32.2. The van der Waals surface area contributed by atoms with Gasteiger partial charge in [0.05, 0.1) is 20.8 Å². The molecule has 2 aromatic carbocycles. The topological polar surface area (TPSA) is 88.2 Å². The number of rotatable bonds is 5. The number of carbonyl (C=O) groups excluding carboxylic acids is 1. The van der Waals surface area contributed by atoms with Crippen LogP contribution >= 0.6 is 11.3 Å². The Hall–Kier alpha value is -2.45. The fourth-order valence-corrected chi connectivity index (χ4v) is 5.83. The molecule has 4 rings (SSSR count). The highest BCUT2D eigenvalue weighted by molar-refractivity contribution is 7.92. The summed E-state index contributed by atoms with van der Waals surface area (Å²) in [6, 6.07) is 12.1. The van der Waals surface area contributed by atoms with Gasteiger partial charge in [-0.15, -0.1) is 0 Å². The van der Waals surface area contributed by atoms with Crippen molar-refractivity contribution in [3.05, 3.63) is 48.0 Å². The Morgan fingerprint density at radius 2 is 1.86 bits per heavy atom. The van der Waals surface area contributed by atoms with Gasteiger partial charge in [-0.05, 0) is 49.6 Å². The molecule has 3 aromatic rings. The highest BCUT2D eigenvalue weighted by Gasteiger charge is 2.22. The van der Waals surface area contributed by atoms with Gasteiger partial charge in [0.25, 0.3) is 10.0 Å². The van der Waals surface area contributed by atoms with Crippen LogP contribution in [0.1, 0.15) is 37.7 Å². The van der Waals surface area contributed by atoms with Crippen molar-refractivity contribution in [2.24, 2.45) is 5.92 Å². The molecule has 29 heavy (non-hydrogen) atoms. The van der Waals surface area contributed by atoms with E-state index in [1.165, 1.54) is 17.8 Å². The van der Waals surface area contributed by atoms with Gasteiger partial charge < -0.3 is 5.32 Å². The molecule has 0 atom stereocenters. The van der Waals surface area contributed by atoms with Crippen molar-refractivity contribution in [1.29, 1.82) is 0 Å². The smallest absolute Gasteiger partial charge is 0.262 e. The standard InChI is InChI=1S/C21H23N3O3S2/c1-14-7-5-6-10-19(14)29(26,27)24-16-11-12-18-17(13-16)22-21(28-18)23-20(25)15-8-3-2-4-9-15/h5-7,10-13,15,24H,2-4,8-9H2,1H3,(H,22,23,25). The Labute approximate surface area is 174 Å². The molecule has 1 heterocycles. The predicted molar refractivity (Wildman–Crippen MR) is 117 cm³/mol. The van der Waals surface area contributed by atoms with E-state index in [0.29, 0.717) is 21.9 Å². The van der Waals surface area contributed by atoms with Gasteiger partial charge in [0.15, 0.2) is 5.13 Å². The van der Waals surface area contributed by atoms with E-state index in [0.717, 1.165) is 30.4 Å². The van der Waals surface area contributed by atoms with Gasteiger partial charge in [0, 0.05) is 5.92 Å². The van der Waals surface area contributed by atoms with E-state index in [1.807, 2.05) is 6.07 Å². The van der Waals surface area contributed by atoms with E-state index in [4.69, 9.17) is 0 Å². The van der Waals surface area contributed by atoms with Crippen LogP contribution in [0.5, 0.6) is 0 Å². The van der Waals surface area contributed by atoms with Gasteiger partial charge in [-0.3, -0.25) is 9.52 Å². The number of nitrogens with one attached hydrogen (secondary N) is 2. The highest BCUT2D eigenvalue weighted by Crippen LogP contribution is 2.31. The molecular weight excluding hydrogens is 406 g/mol.